The van der Waals surface area contributed by atoms with E-state index in [1.807, 2.05) is 25.3 Å². The third-order valence-electron chi connectivity index (χ3n) is 3.93. The van der Waals surface area contributed by atoms with E-state index in [2.05, 4.69) is 20.7 Å². The van der Waals surface area contributed by atoms with Gasteiger partial charge < -0.3 is 10.6 Å². The summed E-state index contributed by atoms with van der Waals surface area (Å²) in [5.41, 5.74) is 1.12. The highest BCUT2D eigenvalue weighted by molar-refractivity contribution is 5.96. The minimum absolute atomic E-state index is 0. The third-order valence-corrected chi connectivity index (χ3v) is 3.93. The number of rotatable bonds is 3. The summed E-state index contributed by atoms with van der Waals surface area (Å²) in [6, 6.07) is 3.77. The summed E-state index contributed by atoms with van der Waals surface area (Å²) in [7, 11) is 0. The first-order chi connectivity index (χ1) is 10.2. The molecule has 8 heteroatoms. The molecule has 0 aromatic carbocycles. The Labute approximate surface area is 147 Å². The van der Waals surface area contributed by atoms with Crippen LogP contribution in [-0.2, 0) is 10.3 Å². The van der Waals surface area contributed by atoms with Crippen molar-refractivity contribution in [3.63, 3.8) is 0 Å². The molecule has 1 aliphatic rings. The van der Waals surface area contributed by atoms with Crippen molar-refractivity contribution in [3.05, 3.63) is 42.5 Å². The normalized spacial score (nSPS) is 15.9. The standard InChI is InChI=1S/C15H19N5O.2ClH/c1-12-9-13(11-17-10-12)19-14(21)15(3-6-16-7-4-15)20-8-2-5-18-20;;/h2,5,8-11,16H,3-4,6-7H2,1H3,(H,19,21);2*1H. The Hall–Kier alpha value is -1.63. The molecule has 1 amide bonds. The van der Waals surface area contributed by atoms with Gasteiger partial charge in [0.15, 0.2) is 0 Å². The zero-order valence-electron chi connectivity index (χ0n) is 12.9. The van der Waals surface area contributed by atoms with Gasteiger partial charge in [-0.05, 0) is 50.6 Å². The number of amides is 1. The van der Waals surface area contributed by atoms with Crippen molar-refractivity contribution < 1.29 is 4.79 Å². The highest BCUT2D eigenvalue weighted by atomic mass is 35.5. The van der Waals surface area contributed by atoms with E-state index >= 15 is 0 Å². The maximum Gasteiger partial charge on any atom is 0.252 e. The average molecular weight is 358 g/mol. The van der Waals surface area contributed by atoms with Crippen molar-refractivity contribution in [1.29, 1.82) is 0 Å². The first-order valence-corrected chi connectivity index (χ1v) is 7.15. The molecule has 6 nitrogen and oxygen atoms in total. The van der Waals surface area contributed by atoms with Crippen molar-refractivity contribution >= 4 is 36.4 Å². The zero-order valence-corrected chi connectivity index (χ0v) is 14.5. The van der Waals surface area contributed by atoms with Crippen LogP contribution in [-0.4, -0.2) is 33.8 Å². The Morgan fingerprint density at radius 3 is 2.65 bits per heavy atom. The second kappa shape index (κ2) is 8.29. The van der Waals surface area contributed by atoms with E-state index in [-0.39, 0.29) is 30.7 Å². The maximum atomic E-state index is 12.9. The fourth-order valence-corrected chi connectivity index (χ4v) is 2.79. The van der Waals surface area contributed by atoms with E-state index < -0.39 is 5.54 Å². The predicted molar refractivity (Wildman–Crippen MR) is 94.4 cm³/mol. The van der Waals surface area contributed by atoms with Crippen molar-refractivity contribution in [2.75, 3.05) is 18.4 Å². The summed E-state index contributed by atoms with van der Waals surface area (Å²) >= 11 is 0. The Balaban J connectivity index is 0.00000132. The molecule has 0 saturated carbocycles. The van der Waals surface area contributed by atoms with Gasteiger partial charge in [0.05, 0.1) is 11.9 Å². The molecule has 23 heavy (non-hydrogen) atoms. The molecular formula is C15H21Cl2N5O. The van der Waals surface area contributed by atoms with Gasteiger partial charge in [0.1, 0.15) is 5.54 Å². The van der Waals surface area contributed by atoms with Gasteiger partial charge in [-0.2, -0.15) is 5.10 Å². The number of pyridine rings is 1. The molecule has 2 aromatic heterocycles. The van der Waals surface area contributed by atoms with E-state index in [1.54, 1.807) is 23.3 Å². The van der Waals surface area contributed by atoms with Crippen molar-refractivity contribution in [2.24, 2.45) is 0 Å². The third kappa shape index (κ3) is 4.02. The van der Waals surface area contributed by atoms with Gasteiger partial charge >= 0.3 is 0 Å². The van der Waals surface area contributed by atoms with E-state index in [0.717, 1.165) is 37.2 Å². The first kappa shape index (κ1) is 19.4. The maximum absolute atomic E-state index is 12.9. The van der Waals surface area contributed by atoms with Crippen LogP contribution in [0.1, 0.15) is 18.4 Å². The van der Waals surface area contributed by atoms with E-state index in [4.69, 9.17) is 0 Å². The molecule has 0 atom stereocenters. The lowest BCUT2D eigenvalue weighted by Gasteiger charge is -2.36. The summed E-state index contributed by atoms with van der Waals surface area (Å²) in [6.45, 7) is 3.56. The van der Waals surface area contributed by atoms with E-state index in [1.165, 1.54) is 0 Å². The van der Waals surface area contributed by atoms with Gasteiger partial charge in [0, 0.05) is 18.6 Å². The number of halogens is 2. The molecule has 0 unspecified atom stereocenters. The molecule has 0 radical (unpaired) electrons. The Morgan fingerprint density at radius 1 is 1.30 bits per heavy atom. The molecule has 2 aromatic rings. The Morgan fingerprint density at radius 2 is 2.04 bits per heavy atom. The molecule has 1 aliphatic heterocycles. The fourth-order valence-electron chi connectivity index (χ4n) is 2.79. The summed E-state index contributed by atoms with van der Waals surface area (Å²) in [5.74, 6) is -0.0277. The number of nitrogens with zero attached hydrogens (tertiary/aromatic N) is 3. The van der Waals surface area contributed by atoms with E-state index in [9.17, 15) is 4.79 Å². The molecule has 1 saturated heterocycles. The number of hydrogen-bond acceptors (Lipinski definition) is 4. The zero-order chi connectivity index (χ0) is 14.7. The number of hydrogen-bond donors (Lipinski definition) is 2. The molecule has 2 N–H and O–H groups in total. The largest absolute Gasteiger partial charge is 0.323 e. The van der Waals surface area contributed by atoms with Crippen LogP contribution in [0.25, 0.3) is 0 Å². The number of carbonyl (C=O) groups is 1. The lowest BCUT2D eigenvalue weighted by molar-refractivity contribution is -0.126. The smallest absolute Gasteiger partial charge is 0.252 e. The van der Waals surface area contributed by atoms with Crippen LogP contribution in [0, 0.1) is 6.92 Å². The van der Waals surface area contributed by atoms with Crippen molar-refractivity contribution in [3.8, 4) is 0 Å². The Kier molecular flexibility index (Phi) is 7.00. The number of carbonyl (C=O) groups excluding carboxylic acids is 1. The quantitative estimate of drug-likeness (QED) is 0.882. The molecule has 0 bridgehead atoms. The molecular weight excluding hydrogens is 337 g/mol. The number of piperidine rings is 1. The number of anilines is 1. The second-order valence-corrected chi connectivity index (χ2v) is 5.44. The number of aromatic nitrogens is 3. The highest BCUT2D eigenvalue weighted by Gasteiger charge is 2.42. The van der Waals surface area contributed by atoms with Crippen LogP contribution in [0.3, 0.4) is 0 Å². The average Bonchev–Trinajstić information content (AvgIpc) is 3.02. The summed E-state index contributed by atoms with van der Waals surface area (Å²) in [6.07, 6.45) is 8.45. The summed E-state index contributed by atoms with van der Waals surface area (Å²) in [5, 5.41) is 10.6. The number of nitrogens with one attached hydrogen (secondary N) is 2. The lowest BCUT2D eigenvalue weighted by Crippen LogP contribution is -2.52. The van der Waals surface area contributed by atoms with Crippen LogP contribution in [0.15, 0.2) is 36.9 Å². The molecule has 0 aliphatic carbocycles. The fraction of sp³-hybridized carbons (Fsp3) is 0.400. The number of aryl methyl sites for hydroxylation is 1. The van der Waals surface area contributed by atoms with Crippen LogP contribution >= 0.6 is 24.8 Å². The Bertz CT molecular complexity index is 627. The van der Waals surface area contributed by atoms with Gasteiger partial charge in [0.2, 0.25) is 0 Å². The van der Waals surface area contributed by atoms with Gasteiger partial charge in [-0.25, -0.2) is 0 Å². The summed E-state index contributed by atoms with van der Waals surface area (Å²) in [4.78, 5) is 17.0. The summed E-state index contributed by atoms with van der Waals surface area (Å²) < 4.78 is 1.78. The minimum atomic E-state index is -0.626. The van der Waals surface area contributed by atoms with E-state index in [0.29, 0.717) is 0 Å². The van der Waals surface area contributed by atoms with Crippen LogP contribution in [0.2, 0.25) is 0 Å². The first-order valence-electron chi connectivity index (χ1n) is 7.15. The van der Waals surface area contributed by atoms with Gasteiger partial charge in [-0.3, -0.25) is 14.5 Å². The highest BCUT2D eigenvalue weighted by Crippen LogP contribution is 2.28. The van der Waals surface area contributed by atoms with Crippen molar-refractivity contribution in [2.45, 2.75) is 25.3 Å². The molecule has 126 valence electrons. The lowest BCUT2D eigenvalue weighted by atomic mass is 9.87. The van der Waals surface area contributed by atoms with Crippen LogP contribution < -0.4 is 10.6 Å². The molecule has 3 heterocycles. The van der Waals surface area contributed by atoms with Crippen LogP contribution in [0.4, 0.5) is 5.69 Å². The predicted octanol–water partition coefficient (Wildman–Crippen LogP) is 2.15. The topological polar surface area (TPSA) is 71.8 Å². The monoisotopic (exact) mass is 357 g/mol. The van der Waals surface area contributed by atoms with Gasteiger partial charge in [0.25, 0.3) is 5.91 Å². The van der Waals surface area contributed by atoms with Gasteiger partial charge in [-0.1, -0.05) is 0 Å². The molecule has 3 rings (SSSR count). The second-order valence-electron chi connectivity index (χ2n) is 5.44. The van der Waals surface area contributed by atoms with Crippen LogP contribution in [0.5, 0.6) is 0 Å². The minimum Gasteiger partial charge on any atom is -0.323 e. The van der Waals surface area contributed by atoms with Gasteiger partial charge in [-0.15, -0.1) is 24.8 Å². The molecule has 0 spiro atoms. The van der Waals surface area contributed by atoms with Crippen molar-refractivity contribution in [1.82, 2.24) is 20.1 Å². The molecule has 1 fully saturated rings. The SMILES string of the molecule is Cc1cncc(NC(=O)C2(n3cccn3)CCNCC2)c1.Cl.Cl.